The van der Waals surface area contributed by atoms with Gasteiger partial charge in [0.2, 0.25) is 6.29 Å². The summed E-state index contributed by atoms with van der Waals surface area (Å²) in [6, 6.07) is 19.0. The summed E-state index contributed by atoms with van der Waals surface area (Å²) in [7, 11) is 0. The molecule has 1 unspecified atom stereocenters. The number of aliphatic hydroxyl groups is 1. The van der Waals surface area contributed by atoms with Gasteiger partial charge in [0, 0.05) is 0 Å². The first kappa shape index (κ1) is 11.4. The van der Waals surface area contributed by atoms with Gasteiger partial charge in [0.1, 0.15) is 5.75 Å². The lowest BCUT2D eigenvalue weighted by Crippen LogP contribution is -2.11. The molecule has 2 aromatic carbocycles. The van der Waals surface area contributed by atoms with E-state index < -0.39 is 6.29 Å². The highest BCUT2D eigenvalue weighted by molar-refractivity contribution is 5.49. The van der Waals surface area contributed by atoms with Crippen molar-refractivity contribution < 1.29 is 9.84 Å². The Kier molecular flexibility index (Phi) is 3.95. The molecule has 0 aliphatic carbocycles. The first-order valence-corrected chi connectivity index (χ1v) is 5.47. The Balaban J connectivity index is 1.94. The number of ether oxygens (including phenoxy) is 1. The average molecular weight is 226 g/mol. The molecule has 2 aromatic rings. The van der Waals surface area contributed by atoms with Crippen LogP contribution in [0.15, 0.2) is 66.7 Å². The molecule has 0 heterocycles. The quantitative estimate of drug-likeness (QED) is 0.812. The maximum absolute atomic E-state index is 9.65. The van der Waals surface area contributed by atoms with Gasteiger partial charge in [-0.25, -0.2) is 0 Å². The Bertz CT molecular complexity index is 463. The Hall–Kier alpha value is -2.06. The van der Waals surface area contributed by atoms with E-state index in [0.29, 0.717) is 5.75 Å². The second kappa shape index (κ2) is 5.87. The molecule has 0 fully saturated rings. The highest BCUT2D eigenvalue weighted by Gasteiger charge is 1.99. The van der Waals surface area contributed by atoms with E-state index in [9.17, 15) is 5.11 Å². The molecule has 0 saturated heterocycles. The Morgan fingerprint density at radius 3 is 2.12 bits per heavy atom. The second-order valence-corrected chi connectivity index (χ2v) is 3.59. The van der Waals surface area contributed by atoms with Gasteiger partial charge in [0.25, 0.3) is 0 Å². The van der Waals surface area contributed by atoms with Crippen LogP contribution in [0.4, 0.5) is 0 Å². The highest BCUT2D eigenvalue weighted by atomic mass is 16.6. The molecule has 2 nitrogen and oxygen atoms in total. The largest absolute Gasteiger partial charge is 0.461 e. The first-order chi connectivity index (χ1) is 8.34. The number of rotatable bonds is 4. The van der Waals surface area contributed by atoms with Gasteiger partial charge in [0.05, 0.1) is 0 Å². The van der Waals surface area contributed by atoms with Crippen molar-refractivity contribution in [2.75, 3.05) is 0 Å². The Morgan fingerprint density at radius 1 is 0.882 bits per heavy atom. The molecule has 0 spiro atoms. The smallest absolute Gasteiger partial charge is 0.217 e. The normalized spacial score (nSPS) is 12.5. The van der Waals surface area contributed by atoms with E-state index in [1.165, 1.54) is 0 Å². The monoisotopic (exact) mass is 226 g/mol. The lowest BCUT2D eigenvalue weighted by Gasteiger charge is -2.09. The number of benzene rings is 2. The Morgan fingerprint density at radius 2 is 1.47 bits per heavy atom. The van der Waals surface area contributed by atoms with Gasteiger partial charge >= 0.3 is 0 Å². The van der Waals surface area contributed by atoms with E-state index in [1.807, 2.05) is 54.6 Å². The van der Waals surface area contributed by atoms with Gasteiger partial charge in [-0.3, -0.25) is 0 Å². The Labute approximate surface area is 101 Å². The molecule has 2 rings (SSSR count). The SMILES string of the molecule is OC(/C=C/c1ccccc1)Oc1ccccc1. The summed E-state index contributed by atoms with van der Waals surface area (Å²) in [6.07, 6.45) is 2.51. The van der Waals surface area contributed by atoms with Gasteiger partial charge in [-0.15, -0.1) is 0 Å². The minimum atomic E-state index is -0.933. The number of hydrogen-bond acceptors (Lipinski definition) is 2. The summed E-state index contributed by atoms with van der Waals surface area (Å²) in [6.45, 7) is 0. The second-order valence-electron chi connectivity index (χ2n) is 3.59. The molecule has 1 N–H and O–H groups in total. The standard InChI is InChI=1S/C15H14O2/c16-15(17-14-9-5-2-6-10-14)12-11-13-7-3-1-4-8-13/h1-12,15-16H/b12-11+. The molecule has 0 amide bonds. The predicted molar refractivity (Wildman–Crippen MR) is 68.6 cm³/mol. The summed E-state index contributed by atoms with van der Waals surface area (Å²) in [5.74, 6) is 0.651. The molecule has 17 heavy (non-hydrogen) atoms. The molecule has 0 saturated carbocycles. The van der Waals surface area contributed by atoms with E-state index in [4.69, 9.17) is 4.74 Å². The molecule has 0 radical (unpaired) electrons. The predicted octanol–water partition coefficient (Wildman–Crippen LogP) is 3.10. The van der Waals surface area contributed by atoms with Crippen LogP contribution in [0.2, 0.25) is 0 Å². The van der Waals surface area contributed by atoms with E-state index in [2.05, 4.69) is 0 Å². The molecule has 0 aliphatic rings. The molecule has 2 heteroatoms. The van der Waals surface area contributed by atoms with E-state index in [0.717, 1.165) is 5.56 Å². The summed E-state index contributed by atoms with van der Waals surface area (Å²) >= 11 is 0. The molecule has 86 valence electrons. The molecular weight excluding hydrogens is 212 g/mol. The molecule has 1 atom stereocenters. The van der Waals surface area contributed by atoms with Gasteiger partial charge in [-0.2, -0.15) is 0 Å². The fourth-order valence-electron chi connectivity index (χ4n) is 1.44. The summed E-state index contributed by atoms with van der Waals surface area (Å²) in [5.41, 5.74) is 1.03. The van der Waals surface area contributed by atoms with Crippen molar-refractivity contribution in [2.24, 2.45) is 0 Å². The van der Waals surface area contributed by atoms with Gasteiger partial charge in [0.15, 0.2) is 0 Å². The van der Waals surface area contributed by atoms with Crippen LogP contribution in [0.5, 0.6) is 5.75 Å². The number of hydrogen-bond donors (Lipinski definition) is 1. The number of para-hydroxylation sites is 1. The minimum Gasteiger partial charge on any atom is -0.461 e. The van der Waals surface area contributed by atoms with Crippen LogP contribution < -0.4 is 4.74 Å². The third-order valence-corrected chi connectivity index (χ3v) is 2.25. The van der Waals surface area contributed by atoms with Crippen molar-refractivity contribution in [2.45, 2.75) is 6.29 Å². The van der Waals surface area contributed by atoms with Gasteiger partial charge < -0.3 is 9.84 Å². The van der Waals surface area contributed by atoms with Crippen LogP contribution in [0.25, 0.3) is 6.08 Å². The minimum absolute atomic E-state index is 0.651. The summed E-state index contributed by atoms with van der Waals surface area (Å²) < 4.78 is 5.30. The van der Waals surface area contributed by atoms with Crippen LogP contribution in [-0.2, 0) is 0 Å². The summed E-state index contributed by atoms with van der Waals surface area (Å²) in [4.78, 5) is 0. The lowest BCUT2D eigenvalue weighted by molar-refractivity contribution is 0.0254. The van der Waals surface area contributed by atoms with E-state index >= 15 is 0 Å². The van der Waals surface area contributed by atoms with Crippen molar-refractivity contribution in [3.8, 4) is 5.75 Å². The van der Waals surface area contributed by atoms with E-state index in [-0.39, 0.29) is 0 Å². The molecular formula is C15H14O2. The third kappa shape index (κ3) is 3.78. The van der Waals surface area contributed by atoms with E-state index in [1.54, 1.807) is 18.2 Å². The molecule has 0 aliphatic heterocycles. The molecule has 0 aromatic heterocycles. The fourth-order valence-corrected chi connectivity index (χ4v) is 1.44. The zero-order valence-corrected chi connectivity index (χ0v) is 9.36. The fraction of sp³-hybridized carbons (Fsp3) is 0.0667. The van der Waals surface area contributed by atoms with Gasteiger partial charge in [-0.05, 0) is 23.8 Å². The average Bonchev–Trinajstić information content (AvgIpc) is 2.39. The van der Waals surface area contributed by atoms with Crippen molar-refractivity contribution in [1.29, 1.82) is 0 Å². The van der Waals surface area contributed by atoms with Crippen LogP contribution in [-0.4, -0.2) is 11.4 Å². The zero-order valence-electron chi connectivity index (χ0n) is 9.36. The zero-order chi connectivity index (χ0) is 11.9. The molecule has 0 bridgehead atoms. The maximum atomic E-state index is 9.65. The lowest BCUT2D eigenvalue weighted by atomic mass is 10.2. The van der Waals surface area contributed by atoms with Crippen molar-refractivity contribution in [3.63, 3.8) is 0 Å². The number of aliphatic hydroxyl groups excluding tert-OH is 1. The van der Waals surface area contributed by atoms with Gasteiger partial charge in [-0.1, -0.05) is 54.6 Å². The van der Waals surface area contributed by atoms with Crippen molar-refractivity contribution in [1.82, 2.24) is 0 Å². The topological polar surface area (TPSA) is 29.5 Å². The van der Waals surface area contributed by atoms with Crippen LogP contribution >= 0.6 is 0 Å². The van der Waals surface area contributed by atoms with Crippen LogP contribution in [0, 0.1) is 0 Å². The maximum Gasteiger partial charge on any atom is 0.217 e. The van der Waals surface area contributed by atoms with Crippen molar-refractivity contribution >= 4 is 6.08 Å². The highest BCUT2D eigenvalue weighted by Crippen LogP contribution is 2.11. The van der Waals surface area contributed by atoms with Crippen LogP contribution in [0.3, 0.4) is 0 Å². The van der Waals surface area contributed by atoms with Crippen molar-refractivity contribution in [3.05, 3.63) is 72.3 Å². The van der Waals surface area contributed by atoms with Crippen LogP contribution in [0.1, 0.15) is 5.56 Å². The summed E-state index contributed by atoms with van der Waals surface area (Å²) in [5, 5.41) is 9.65. The first-order valence-electron chi connectivity index (χ1n) is 5.47. The third-order valence-electron chi connectivity index (χ3n) is 2.25.